The van der Waals surface area contributed by atoms with Crippen LogP contribution in [0.25, 0.3) is 0 Å². The third-order valence-corrected chi connectivity index (χ3v) is 7.27. The summed E-state index contributed by atoms with van der Waals surface area (Å²) in [5.74, 6) is 0.779. The Hall–Kier alpha value is -0.100. The molecule has 0 unspecified atom stereocenters. The van der Waals surface area contributed by atoms with Crippen LogP contribution in [0.4, 0.5) is 0 Å². The van der Waals surface area contributed by atoms with Gasteiger partial charge in [-0.2, -0.15) is 4.31 Å². The maximum Gasteiger partial charge on any atom is 0.252 e. The number of sulfonamides is 1. The molecular formula is C13H22ClNO2S2. The molecule has 19 heavy (non-hydrogen) atoms. The zero-order chi connectivity index (χ0) is 14.5. The highest BCUT2D eigenvalue weighted by atomic mass is 35.5. The molecule has 0 fully saturated rings. The summed E-state index contributed by atoms with van der Waals surface area (Å²) in [6.45, 7) is 7.19. The van der Waals surface area contributed by atoms with Gasteiger partial charge in [0.25, 0.3) is 10.0 Å². The molecule has 0 bridgehead atoms. The summed E-state index contributed by atoms with van der Waals surface area (Å²) in [4.78, 5) is 0.888. The van der Waals surface area contributed by atoms with Crippen LogP contribution in [0, 0.1) is 5.92 Å². The van der Waals surface area contributed by atoms with Crippen LogP contribution in [0.1, 0.15) is 38.5 Å². The molecule has 1 aromatic heterocycles. The molecule has 1 heterocycles. The van der Waals surface area contributed by atoms with Gasteiger partial charge in [0, 0.05) is 18.0 Å². The van der Waals surface area contributed by atoms with Crippen LogP contribution in [0.5, 0.6) is 0 Å². The van der Waals surface area contributed by atoms with Gasteiger partial charge in [-0.15, -0.1) is 22.9 Å². The summed E-state index contributed by atoms with van der Waals surface area (Å²) >= 11 is 7.00. The molecule has 0 spiro atoms. The molecule has 0 aliphatic carbocycles. The summed E-state index contributed by atoms with van der Waals surface area (Å²) < 4.78 is 27.1. The van der Waals surface area contributed by atoms with Gasteiger partial charge >= 0.3 is 0 Å². The molecule has 6 heteroatoms. The van der Waals surface area contributed by atoms with Crippen molar-refractivity contribution in [3.05, 3.63) is 17.0 Å². The van der Waals surface area contributed by atoms with E-state index in [0.29, 0.717) is 29.1 Å². The Morgan fingerprint density at radius 3 is 2.32 bits per heavy atom. The summed E-state index contributed by atoms with van der Waals surface area (Å²) in [5, 5.41) is 0. The third-order valence-electron chi connectivity index (χ3n) is 3.33. The fourth-order valence-electron chi connectivity index (χ4n) is 1.93. The molecule has 1 rings (SSSR count). The van der Waals surface area contributed by atoms with Gasteiger partial charge < -0.3 is 0 Å². The summed E-state index contributed by atoms with van der Waals surface area (Å²) in [5.41, 5.74) is 0. The van der Waals surface area contributed by atoms with Crippen molar-refractivity contribution in [3.63, 3.8) is 0 Å². The molecule has 0 aliphatic heterocycles. The molecule has 110 valence electrons. The van der Waals surface area contributed by atoms with Gasteiger partial charge in [0.05, 0.1) is 5.88 Å². The van der Waals surface area contributed by atoms with Crippen LogP contribution >= 0.6 is 22.9 Å². The zero-order valence-corrected chi connectivity index (χ0v) is 14.1. The molecule has 0 amide bonds. The SMILES string of the molecule is CCC(CC)CN(CC)S(=O)(=O)c1ccc(CCl)s1. The standard InChI is InChI=1S/C13H22ClNO2S2/c1-4-11(5-2)10-15(6-3)19(16,17)13-8-7-12(9-14)18-13/h7-8,11H,4-6,9-10H2,1-3H3. The lowest BCUT2D eigenvalue weighted by atomic mass is 10.0. The number of nitrogens with zero attached hydrogens (tertiary/aromatic N) is 1. The van der Waals surface area contributed by atoms with E-state index in [2.05, 4.69) is 13.8 Å². The van der Waals surface area contributed by atoms with E-state index < -0.39 is 10.0 Å². The van der Waals surface area contributed by atoms with E-state index in [9.17, 15) is 8.42 Å². The Morgan fingerprint density at radius 2 is 1.89 bits per heavy atom. The van der Waals surface area contributed by atoms with E-state index in [0.717, 1.165) is 17.7 Å². The summed E-state index contributed by atoms with van der Waals surface area (Å²) in [6, 6.07) is 3.45. The first-order valence-electron chi connectivity index (χ1n) is 6.64. The van der Waals surface area contributed by atoms with Gasteiger partial charge in [-0.3, -0.25) is 0 Å². The number of hydrogen-bond donors (Lipinski definition) is 0. The second kappa shape index (κ2) is 7.62. The van der Waals surface area contributed by atoms with E-state index in [1.165, 1.54) is 11.3 Å². The highest BCUT2D eigenvalue weighted by molar-refractivity contribution is 7.91. The predicted octanol–water partition coefficient (Wildman–Crippen LogP) is 3.93. The van der Waals surface area contributed by atoms with Crippen LogP contribution in [0.15, 0.2) is 16.3 Å². The second-order valence-electron chi connectivity index (χ2n) is 4.49. The van der Waals surface area contributed by atoms with Gasteiger partial charge in [-0.05, 0) is 18.1 Å². The van der Waals surface area contributed by atoms with Crippen LogP contribution in [-0.4, -0.2) is 25.8 Å². The van der Waals surface area contributed by atoms with Crippen LogP contribution in [0.3, 0.4) is 0 Å². The molecule has 0 radical (unpaired) electrons. The Morgan fingerprint density at radius 1 is 1.26 bits per heavy atom. The quantitative estimate of drug-likeness (QED) is 0.680. The van der Waals surface area contributed by atoms with Crippen molar-refractivity contribution in [3.8, 4) is 0 Å². The highest BCUT2D eigenvalue weighted by Crippen LogP contribution is 2.27. The lowest BCUT2D eigenvalue weighted by Gasteiger charge is -2.24. The minimum Gasteiger partial charge on any atom is -0.206 e. The van der Waals surface area contributed by atoms with Crippen molar-refractivity contribution < 1.29 is 8.42 Å². The first kappa shape index (κ1) is 17.0. The Balaban J connectivity index is 2.95. The largest absolute Gasteiger partial charge is 0.252 e. The van der Waals surface area contributed by atoms with E-state index in [4.69, 9.17) is 11.6 Å². The number of hydrogen-bond acceptors (Lipinski definition) is 3. The Bertz CT molecular complexity index is 481. The molecule has 0 saturated carbocycles. The van der Waals surface area contributed by atoms with Crippen LogP contribution < -0.4 is 0 Å². The highest BCUT2D eigenvalue weighted by Gasteiger charge is 2.26. The topological polar surface area (TPSA) is 37.4 Å². The van der Waals surface area contributed by atoms with Crippen LogP contribution in [0.2, 0.25) is 0 Å². The number of thiophene rings is 1. The average molecular weight is 324 g/mol. The molecular weight excluding hydrogens is 302 g/mol. The number of rotatable bonds is 8. The zero-order valence-electron chi connectivity index (χ0n) is 11.7. The molecule has 3 nitrogen and oxygen atoms in total. The fraction of sp³-hybridized carbons (Fsp3) is 0.692. The van der Waals surface area contributed by atoms with Gasteiger partial charge in [0.2, 0.25) is 0 Å². The summed E-state index contributed by atoms with van der Waals surface area (Å²) in [6.07, 6.45) is 2.00. The first-order chi connectivity index (χ1) is 8.99. The van der Waals surface area contributed by atoms with E-state index in [1.54, 1.807) is 16.4 Å². The minimum atomic E-state index is -3.36. The van der Waals surface area contributed by atoms with E-state index in [-0.39, 0.29) is 0 Å². The molecule has 0 saturated heterocycles. The first-order valence-corrected chi connectivity index (χ1v) is 9.43. The maximum absolute atomic E-state index is 12.6. The van der Waals surface area contributed by atoms with E-state index >= 15 is 0 Å². The Kier molecular flexibility index (Phi) is 6.80. The van der Waals surface area contributed by atoms with Crippen molar-refractivity contribution in [1.82, 2.24) is 4.31 Å². The lowest BCUT2D eigenvalue weighted by Crippen LogP contribution is -2.34. The lowest BCUT2D eigenvalue weighted by molar-refractivity contribution is 0.340. The fourth-order valence-corrected chi connectivity index (χ4v) is 5.07. The number of alkyl halides is 1. The summed E-state index contributed by atoms with van der Waals surface area (Å²) in [7, 11) is -3.36. The maximum atomic E-state index is 12.6. The normalized spacial score (nSPS) is 12.5. The van der Waals surface area contributed by atoms with Gasteiger partial charge in [0.15, 0.2) is 0 Å². The molecule has 0 atom stereocenters. The molecule has 0 N–H and O–H groups in total. The van der Waals surface area contributed by atoms with Gasteiger partial charge in [-0.25, -0.2) is 8.42 Å². The monoisotopic (exact) mass is 323 g/mol. The van der Waals surface area contributed by atoms with Gasteiger partial charge in [-0.1, -0.05) is 33.6 Å². The predicted molar refractivity (Wildman–Crippen MR) is 82.4 cm³/mol. The van der Waals surface area contributed by atoms with Crippen LogP contribution in [-0.2, 0) is 15.9 Å². The Labute approximate surface area is 125 Å². The smallest absolute Gasteiger partial charge is 0.206 e. The average Bonchev–Trinajstić information content (AvgIpc) is 2.89. The van der Waals surface area contributed by atoms with Crippen molar-refractivity contribution in [2.24, 2.45) is 5.92 Å². The number of halogens is 1. The van der Waals surface area contributed by atoms with Crippen molar-refractivity contribution >= 4 is 33.0 Å². The van der Waals surface area contributed by atoms with Crippen molar-refractivity contribution in [2.75, 3.05) is 13.1 Å². The molecule has 0 aliphatic rings. The van der Waals surface area contributed by atoms with Crippen molar-refractivity contribution in [2.45, 2.75) is 43.7 Å². The van der Waals surface area contributed by atoms with Gasteiger partial charge in [0.1, 0.15) is 4.21 Å². The second-order valence-corrected chi connectivity index (χ2v) is 8.09. The van der Waals surface area contributed by atoms with Crippen molar-refractivity contribution in [1.29, 1.82) is 0 Å². The van der Waals surface area contributed by atoms with E-state index in [1.807, 2.05) is 6.92 Å². The minimum absolute atomic E-state index is 0.360. The molecule has 0 aromatic carbocycles. The molecule has 1 aromatic rings. The third kappa shape index (κ3) is 4.18.